The summed E-state index contributed by atoms with van der Waals surface area (Å²) in [6.45, 7) is 5.60. The Hall–Kier alpha value is -1.56. The van der Waals surface area contributed by atoms with Crippen molar-refractivity contribution < 1.29 is 8.42 Å². The number of nitrogens with one attached hydrogen (secondary N) is 2. The van der Waals surface area contributed by atoms with E-state index >= 15 is 0 Å². The summed E-state index contributed by atoms with van der Waals surface area (Å²) in [5, 5.41) is 6.40. The molecule has 1 rings (SSSR count). The molecule has 0 fully saturated rings. The van der Waals surface area contributed by atoms with Crippen molar-refractivity contribution in [2.75, 3.05) is 32.1 Å². The third kappa shape index (κ3) is 7.45. The fourth-order valence-corrected chi connectivity index (χ4v) is 2.69. The van der Waals surface area contributed by atoms with Gasteiger partial charge in [0.1, 0.15) is 9.84 Å². The summed E-state index contributed by atoms with van der Waals surface area (Å²) in [6.07, 6.45) is 1.83. The van der Waals surface area contributed by atoms with E-state index in [1.165, 1.54) is 17.4 Å². The highest BCUT2D eigenvalue weighted by Crippen LogP contribution is 2.14. The van der Waals surface area contributed by atoms with Crippen molar-refractivity contribution in [3.8, 4) is 0 Å². The average molecular weight is 325 g/mol. The average Bonchev–Trinajstić information content (AvgIpc) is 2.46. The number of rotatable bonds is 7. The number of aryl methyl sites for hydroxylation is 1. The van der Waals surface area contributed by atoms with E-state index < -0.39 is 9.84 Å². The number of sulfone groups is 1. The number of guanidine groups is 1. The van der Waals surface area contributed by atoms with Crippen LogP contribution in [0.2, 0.25) is 0 Å². The quantitative estimate of drug-likeness (QED) is 0.455. The van der Waals surface area contributed by atoms with Crippen LogP contribution in [0.25, 0.3) is 0 Å². The number of benzene rings is 1. The molecule has 0 aliphatic carbocycles. The van der Waals surface area contributed by atoms with E-state index in [-0.39, 0.29) is 5.75 Å². The SMILES string of the molecule is CN=C(NCCCS(C)(=O)=O)NCC(C)c1ccc(C)cc1. The summed E-state index contributed by atoms with van der Waals surface area (Å²) in [7, 11) is -1.18. The van der Waals surface area contributed by atoms with E-state index in [9.17, 15) is 8.42 Å². The molecule has 2 N–H and O–H groups in total. The minimum Gasteiger partial charge on any atom is -0.356 e. The number of hydrogen-bond acceptors (Lipinski definition) is 3. The maximum absolute atomic E-state index is 11.1. The van der Waals surface area contributed by atoms with Crippen LogP contribution in [-0.2, 0) is 9.84 Å². The fourth-order valence-electron chi connectivity index (χ4n) is 2.02. The molecule has 1 aromatic rings. The zero-order valence-electron chi connectivity index (χ0n) is 13.9. The van der Waals surface area contributed by atoms with Crippen molar-refractivity contribution in [2.45, 2.75) is 26.2 Å². The molecule has 0 spiro atoms. The Labute approximate surface area is 134 Å². The van der Waals surface area contributed by atoms with Gasteiger partial charge in [-0.1, -0.05) is 36.8 Å². The molecule has 1 aromatic carbocycles. The minimum atomic E-state index is -2.89. The number of hydrogen-bond donors (Lipinski definition) is 2. The fraction of sp³-hybridized carbons (Fsp3) is 0.562. The summed E-state index contributed by atoms with van der Waals surface area (Å²) in [5.41, 5.74) is 2.54. The lowest BCUT2D eigenvalue weighted by atomic mass is 10.0. The molecule has 0 aliphatic rings. The van der Waals surface area contributed by atoms with Gasteiger partial charge in [-0.25, -0.2) is 8.42 Å². The van der Waals surface area contributed by atoms with Gasteiger partial charge < -0.3 is 10.6 Å². The van der Waals surface area contributed by atoms with Crippen LogP contribution in [0.5, 0.6) is 0 Å². The van der Waals surface area contributed by atoms with Crippen LogP contribution >= 0.6 is 0 Å². The van der Waals surface area contributed by atoms with Gasteiger partial charge in [-0.2, -0.15) is 0 Å². The van der Waals surface area contributed by atoms with Gasteiger partial charge in [0.2, 0.25) is 0 Å². The van der Waals surface area contributed by atoms with Gasteiger partial charge in [0.15, 0.2) is 5.96 Å². The van der Waals surface area contributed by atoms with Crippen LogP contribution in [0, 0.1) is 6.92 Å². The highest BCUT2D eigenvalue weighted by atomic mass is 32.2. The van der Waals surface area contributed by atoms with Gasteiger partial charge in [-0.3, -0.25) is 4.99 Å². The lowest BCUT2D eigenvalue weighted by molar-refractivity contribution is 0.598. The molecule has 1 unspecified atom stereocenters. The zero-order chi connectivity index (χ0) is 16.6. The third-order valence-electron chi connectivity index (χ3n) is 3.43. The molecule has 0 radical (unpaired) electrons. The third-order valence-corrected chi connectivity index (χ3v) is 4.46. The Morgan fingerprint density at radius 2 is 1.86 bits per heavy atom. The monoisotopic (exact) mass is 325 g/mol. The van der Waals surface area contributed by atoms with E-state index in [1.54, 1.807) is 7.05 Å². The van der Waals surface area contributed by atoms with Crippen molar-refractivity contribution in [1.29, 1.82) is 0 Å². The summed E-state index contributed by atoms with van der Waals surface area (Å²) in [6, 6.07) is 8.52. The normalized spacial score (nSPS) is 13.7. The predicted octanol–water partition coefficient (Wildman–Crippen LogP) is 1.70. The highest BCUT2D eigenvalue weighted by molar-refractivity contribution is 7.90. The maximum Gasteiger partial charge on any atom is 0.190 e. The van der Waals surface area contributed by atoms with Gasteiger partial charge in [0.05, 0.1) is 5.75 Å². The van der Waals surface area contributed by atoms with Crippen molar-refractivity contribution >= 4 is 15.8 Å². The largest absolute Gasteiger partial charge is 0.356 e. The van der Waals surface area contributed by atoms with E-state index in [0.29, 0.717) is 24.8 Å². The lowest BCUT2D eigenvalue weighted by Crippen LogP contribution is -2.39. The van der Waals surface area contributed by atoms with Crippen LogP contribution in [0.1, 0.15) is 30.4 Å². The number of nitrogens with zero attached hydrogens (tertiary/aromatic N) is 1. The van der Waals surface area contributed by atoms with Gasteiger partial charge in [0.25, 0.3) is 0 Å². The second-order valence-corrected chi connectivity index (χ2v) is 7.93. The Bertz CT molecular complexity index is 580. The molecule has 0 heterocycles. The Morgan fingerprint density at radius 1 is 1.23 bits per heavy atom. The first-order valence-electron chi connectivity index (χ1n) is 7.50. The molecular weight excluding hydrogens is 298 g/mol. The molecule has 1 atom stereocenters. The molecule has 0 bridgehead atoms. The molecule has 0 amide bonds. The van der Waals surface area contributed by atoms with Gasteiger partial charge in [0, 0.05) is 26.4 Å². The van der Waals surface area contributed by atoms with Crippen molar-refractivity contribution in [3.63, 3.8) is 0 Å². The van der Waals surface area contributed by atoms with Crippen molar-refractivity contribution in [2.24, 2.45) is 4.99 Å². The Balaban J connectivity index is 2.36. The summed E-state index contributed by atoms with van der Waals surface area (Å²) < 4.78 is 22.1. The first-order valence-corrected chi connectivity index (χ1v) is 9.56. The molecule has 0 saturated carbocycles. The Morgan fingerprint density at radius 3 is 2.41 bits per heavy atom. The Kier molecular flexibility index (Phi) is 7.38. The zero-order valence-corrected chi connectivity index (χ0v) is 14.7. The van der Waals surface area contributed by atoms with Crippen LogP contribution < -0.4 is 10.6 Å². The van der Waals surface area contributed by atoms with Gasteiger partial charge >= 0.3 is 0 Å². The number of aliphatic imine (C=N–C) groups is 1. The van der Waals surface area contributed by atoms with Crippen LogP contribution in [0.3, 0.4) is 0 Å². The highest BCUT2D eigenvalue weighted by Gasteiger charge is 2.07. The van der Waals surface area contributed by atoms with Crippen LogP contribution in [0.15, 0.2) is 29.3 Å². The van der Waals surface area contributed by atoms with Crippen molar-refractivity contribution in [3.05, 3.63) is 35.4 Å². The molecule has 124 valence electrons. The van der Waals surface area contributed by atoms with Crippen molar-refractivity contribution in [1.82, 2.24) is 10.6 Å². The lowest BCUT2D eigenvalue weighted by Gasteiger charge is -2.16. The molecule has 0 saturated heterocycles. The summed E-state index contributed by atoms with van der Waals surface area (Å²) in [5.74, 6) is 1.26. The second kappa shape index (κ2) is 8.78. The standard InChI is InChI=1S/C16H27N3O2S/c1-13-6-8-15(9-7-13)14(2)12-19-16(17-3)18-10-5-11-22(4,20)21/h6-9,14H,5,10-12H2,1-4H3,(H2,17,18,19). The smallest absolute Gasteiger partial charge is 0.190 e. The molecule has 6 heteroatoms. The van der Waals surface area contributed by atoms with E-state index in [4.69, 9.17) is 0 Å². The minimum absolute atomic E-state index is 0.191. The summed E-state index contributed by atoms with van der Waals surface area (Å²) >= 11 is 0. The van der Waals surface area contributed by atoms with Crippen LogP contribution in [-0.4, -0.2) is 46.5 Å². The summed E-state index contributed by atoms with van der Waals surface area (Å²) in [4.78, 5) is 4.15. The molecule has 22 heavy (non-hydrogen) atoms. The van der Waals surface area contributed by atoms with E-state index in [2.05, 4.69) is 53.7 Å². The first-order chi connectivity index (χ1) is 10.3. The molecule has 0 aromatic heterocycles. The first kappa shape index (κ1) is 18.5. The van der Waals surface area contributed by atoms with Gasteiger partial charge in [-0.15, -0.1) is 0 Å². The molecule has 5 nitrogen and oxygen atoms in total. The molecular formula is C16H27N3O2S. The molecule has 0 aliphatic heterocycles. The van der Waals surface area contributed by atoms with E-state index in [0.717, 1.165) is 6.54 Å². The van der Waals surface area contributed by atoms with Gasteiger partial charge in [-0.05, 0) is 24.8 Å². The maximum atomic E-state index is 11.1. The van der Waals surface area contributed by atoms with Crippen LogP contribution in [0.4, 0.5) is 0 Å². The topological polar surface area (TPSA) is 70.6 Å². The predicted molar refractivity (Wildman–Crippen MR) is 93.3 cm³/mol. The van der Waals surface area contributed by atoms with E-state index in [1.807, 2.05) is 0 Å². The second-order valence-electron chi connectivity index (χ2n) is 5.68.